The molecule has 0 radical (unpaired) electrons. The van der Waals surface area contributed by atoms with Crippen LogP contribution in [0.4, 0.5) is 0 Å². The zero-order chi connectivity index (χ0) is 14.7. The third-order valence-electron chi connectivity index (χ3n) is 5.05. The number of amides is 1. The SMILES string of the molecule is Cc1ccc(OCCNC(=O)C[C@@H]2C[C@H]3CC[C@H]2C3)cc1. The summed E-state index contributed by atoms with van der Waals surface area (Å²) in [6, 6.07) is 7.99. The van der Waals surface area contributed by atoms with Gasteiger partial charge in [0.1, 0.15) is 12.4 Å². The number of carbonyl (C=O) groups excluding carboxylic acids is 1. The van der Waals surface area contributed by atoms with Crippen LogP contribution in [0.15, 0.2) is 24.3 Å². The summed E-state index contributed by atoms with van der Waals surface area (Å²) in [4.78, 5) is 12.0. The molecule has 114 valence electrons. The van der Waals surface area contributed by atoms with Crippen molar-refractivity contribution < 1.29 is 9.53 Å². The standard InChI is InChI=1S/C18H25NO2/c1-13-2-6-17(7-3-13)21-9-8-19-18(20)12-16-11-14-4-5-15(16)10-14/h2-3,6-7,14-16H,4-5,8-12H2,1H3,(H,19,20)/t14-,15-,16-/m0/s1. The molecule has 0 aliphatic heterocycles. The predicted molar refractivity (Wildman–Crippen MR) is 83.2 cm³/mol. The van der Waals surface area contributed by atoms with E-state index in [4.69, 9.17) is 4.74 Å². The van der Waals surface area contributed by atoms with Crippen molar-refractivity contribution >= 4 is 5.91 Å². The van der Waals surface area contributed by atoms with Crippen molar-refractivity contribution in [2.75, 3.05) is 13.2 Å². The fourth-order valence-corrected chi connectivity index (χ4v) is 3.93. The second-order valence-corrected chi connectivity index (χ2v) is 6.65. The van der Waals surface area contributed by atoms with Crippen molar-refractivity contribution in [1.82, 2.24) is 5.32 Å². The Hall–Kier alpha value is -1.51. The van der Waals surface area contributed by atoms with Crippen LogP contribution in [0.2, 0.25) is 0 Å². The second-order valence-electron chi connectivity index (χ2n) is 6.65. The molecule has 2 bridgehead atoms. The van der Waals surface area contributed by atoms with Crippen LogP contribution in [0.5, 0.6) is 5.75 Å². The number of hydrogen-bond donors (Lipinski definition) is 1. The molecule has 3 atom stereocenters. The highest BCUT2D eigenvalue weighted by Crippen LogP contribution is 2.49. The van der Waals surface area contributed by atoms with E-state index in [0.29, 0.717) is 25.5 Å². The Morgan fingerprint density at radius 3 is 2.71 bits per heavy atom. The first-order valence-corrected chi connectivity index (χ1v) is 8.17. The predicted octanol–water partition coefficient (Wildman–Crippen LogP) is 3.32. The van der Waals surface area contributed by atoms with Crippen molar-refractivity contribution in [1.29, 1.82) is 0 Å². The van der Waals surface area contributed by atoms with E-state index in [0.717, 1.165) is 17.6 Å². The average Bonchev–Trinajstić information content (AvgIpc) is 3.08. The molecule has 0 spiro atoms. The van der Waals surface area contributed by atoms with Crippen LogP contribution < -0.4 is 10.1 Å². The average molecular weight is 287 g/mol. The van der Waals surface area contributed by atoms with E-state index in [-0.39, 0.29) is 5.91 Å². The lowest BCUT2D eigenvalue weighted by Gasteiger charge is -2.20. The first-order chi connectivity index (χ1) is 10.2. The lowest BCUT2D eigenvalue weighted by Crippen LogP contribution is -2.30. The van der Waals surface area contributed by atoms with Gasteiger partial charge in [-0.05, 0) is 56.1 Å². The van der Waals surface area contributed by atoms with E-state index in [1.165, 1.54) is 31.2 Å². The zero-order valence-corrected chi connectivity index (χ0v) is 12.8. The number of benzene rings is 1. The molecule has 2 saturated carbocycles. The molecule has 1 aromatic rings. The highest BCUT2D eigenvalue weighted by atomic mass is 16.5. The Morgan fingerprint density at radius 1 is 1.24 bits per heavy atom. The maximum atomic E-state index is 12.0. The molecule has 0 unspecified atom stereocenters. The minimum Gasteiger partial charge on any atom is -0.492 e. The Bertz CT molecular complexity index is 482. The molecule has 21 heavy (non-hydrogen) atoms. The van der Waals surface area contributed by atoms with E-state index in [2.05, 4.69) is 12.2 Å². The van der Waals surface area contributed by atoms with Gasteiger partial charge in [0, 0.05) is 6.42 Å². The van der Waals surface area contributed by atoms with E-state index < -0.39 is 0 Å². The van der Waals surface area contributed by atoms with Crippen LogP contribution >= 0.6 is 0 Å². The van der Waals surface area contributed by atoms with Crippen LogP contribution in [-0.2, 0) is 4.79 Å². The van der Waals surface area contributed by atoms with E-state index in [1.807, 2.05) is 24.3 Å². The molecule has 0 heterocycles. The monoisotopic (exact) mass is 287 g/mol. The van der Waals surface area contributed by atoms with Gasteiger partial charge in [0.15, 0.2) is 0 Å². The topological polar surface area (TPSA) is 38.3 Å². The summed E-state index contributed by atoms with van der Waals surface area (Å²) in [5, 5.41) is 2.99. The fourth-order valence-electron chi connectivity index (χ4n) is 3.93. The van der Waals surface area contributed by atoms with Crippen LogP contribution in [0.25, 0.3) is 0 Å². The van der Waals surface area contributed by atoms with Gasteiger partial charge in [0.05, 0.1) is 6.54 Å². The first-order valence-electron chi connectivity index (χ1n) is 8.17. The Balaban J connectivity index is 1.32. The molecule has 2 aliphatic carbocycles. The van der Waals surface area contributed by atoms with E-state index in [1.54, 1.807) is 0 Å². The lowest BCUT2D eigenvalue weighted by atomic mass is 9.86. The molecule has 3 nitrogen and oxygen atoms in total. The highest BCUT2D eigenvalue weighted by molar-refractivity contribution is 5.76. The highest BCUT2D eigenvalue weighted by Gasteiger charge is 2.39. The normalized spacial score (nSPS) is 26.8. The van der Waals surface area contributed by atoms with E-state index >= 15 is 0 Å². The minimum absolute atomic E-state index is 0.194. The Morgan fingerprint density at radius 2 is 2.05 bits per heavy atom. The minimum atomic E-state index is 0.194. The maximum Gasteiger partial charge on any atom is 0.220 e. The summed E-state index contributed by atoms with van der Waals surface area (Å²) in [7, 11) is 0. The molecule has 3 heteroatoms. The van der Waals surface area contributed by atoms with Gasteiger partial charge in [0.25, 0.3) is 0 Å². The van der Waals surface area contributed by atoms with Crippen molar-refractivity contribution in [3.05, 3.63) is 29.8 Å². The quantitative estimate of drug-likeness (QED) is 0.815. The molecule has 1 N–H and O–H groups in total. The van der Waals surface area contributed by atoms with Gasteiger partial charge in [-0.3, -0.25) is 4.79 Å². The number of carbonyl (C=O) groups is 1. The number of rotatable bonds is 6. The van der Waals surface area contributed by atoms with Crippen molar-refractivity contribution in [3.8, 4) is 5.75 Å². The Labute approximate surface area is 127 Å². The largest absolute Gasteiger partial charge is 0.492 e. The number of fused-ring (bicyclic) bond motifs is 2. The second kappa shape index (κ2) is 6.50. The molecule has 1 amide bonds. The molecule has 2 fully saturated rings. The van der Waals surface area contributed by atoms with Crippen molar-refractivity contribution in [3.63, 3.8) is 0 Å². The smallest absolute Gasteiger partial charge is 0.220 e. The van der Waals surface area contributed by atoms with Gasteiger partial charge in [-0.1, -0.05) is 24.1 Å². The van der Waals surface area contributed by atoms with Gasteiger partial charge in [-0.15, -0.1) is 0 Å². The molecule has 2 aliphatic rings. The zero-order valence-electron chi connectivity index (χ0n) is 12.8. The Kier molecular flexibility index (Phi) is 4.47. The van der Waals surface area contributed by atoms with Crippen molar-refractivity contribution in [2.45, 2.75) is 39.0 Å². The van der Waals surface area contributed by atoms with Gasteiger partial charge in [-0.25, -0.2) is 0 Å². The molecule has 0 saturated heterocycles. The molecule has 0 aromatic heterocycles. The maximum absolute atomic E-state index is 12.0. The summed E-state index contributed by atoms with van der Waals surface area (Å²) >= 11 is 0. The van der Waals surface area contributed by atoms with Crippen LogP contribution in [0.1, 0.15) is 37.7 Å². The summed E-state index contributed by atoms with van der Waals surface area (Å²) in [5.74, 6) is 3.44. The molecule has 3 rings (SSSR count). The van der Waals surface area contributed by atoms with Gasteiger partial charge < -0.3 is 10.1 Å². The van der Waals surface area contributed by atoms with Gasteiger partial charge in [-0.2, -0.15) is 0 Å². The summed E-state index contributed by atoms with van der Waals surface area (Å²) < 4.78 is 5.62. The van der Waals surface area contributed by atoms with Crippen LogP contribution in [0.3, 0.4) is 0 Å². The van der Waals surface area contributed by atoms with Crippen LogP contribution in [-0.4, -0.2) is 19.1 Å². The molecular formula is C18H25NO2. The first kappa shape index (κ1) is 14.4. The summed E-state index contributed by atoms with van der Waals surface area (Å²) in [6.07, 6.45) is 6.10. The van der Waals surface area contributed by atoms with Crippen LogP contribution in [0, 0.1) is 24.7 Å². The number of aryl methyl sites for hydroxylation is 1. The fraction of sp³-hybridized carbons (Fsp3) is 0.611. The van der Waals surface area contributed by atoms with Crippen molar-refractivity contribution in [2.24, 2.45) is 17.8 Å². The lowest BCUT2D eigenvalue weighted by molar-refractivity contribution is -0.122. The van der Waals surface area contributed by atoms with Gasteiger partial charge in [0.2, 0.25) is 5.91 Å². The third-order valence-corrected chi connectivity index (χ3v) is 5.05. The third kappa shape index (κ3) is 3.78. The number of hydrogen-bond acceptors (Lipinski definition) is 2. The van der Waals surface area contributed by atoms with E-state index in [9.17, 15) is 4.79 Å². The van der Waals surface area contributed by atoms with Gasteiger partial charge >= 0.3 is 0 Å². The summed E-state index contributed by atoms with van der Waals surface area (Å²) in [5.41, 5.74) is 1.22. The summed E-state index contributed by atoms with van der Waals surface area (Å²) in [6.45, 7) is 3.18. The number of ether oxygens (including phenoxy) is 1. The molecule has 1 aromatic carbocycles. The number of nitrogens with one attached hydrogen (secondary N) is 1. The molecular weight excluding hydrogens is 262 g/mol.